The molecule has 25 heavy (non-hydrogen) atoms. The fourth-order valence-electron chi connectivity index (χ4n) is 2.32. The number of esters is 2. The first kappa shape index (κ1) is 20.5. The smallest absolute Gasteiger partial charge is 0.320 e. The minimum absolute atomic E-state index is 0.106. The Morgan fingerprint density at radius 3 is 2.16 bits per heavy atom. The number of carbonyl (C=O) groups excluding carboxylic acids is 3. The molecule has 0 fully saturated rings. The fraction of sp³-hybridized carbons (Fsp3) is 0.500. The first-order valence-corrected chi connectivity index (χ1v) is 8.19. The zero-order valence-electron chi connectivity index (χ0n) is 15.1. The van der Waals surface area contributed by atoms with Crippen molar-refractivity contribution in [3.63, 3.8) is 0 Å². The topological polar surface area (TPSA) is 82.1 Å². The van der Waals surface area contributed by atoms with Gasteiger partial charge in [0, 0.05) is 25.2 Å². The van der Waals surface area contributed by atoms with E-state index in [1.165, 1.54) is 18.9 Å². The van der Waals surface area contributed by atoms with Gasteiger partial charge in [0.05, 0.1) is 20.3 Å². The van der Waals surface area contributed by atoms with E-state index in [-0.39, 0.29) is 32.1 Å². The van der Waals surface area contributed by atoms with Gasteiger partial charge in [0.2, 0.25) is 5.91 Å². The molecule has 0 radical (unpaired) electrons. The first-order chi connectivity index (χ1) is 11.9. The number of carbonyl (C=O) groups is 3. The second-order valence-electron chi connectivity index (χ2n) is 5.22. The molecule has 0 saturated carbocycles. The Kier molecular flexibility index (Phi) is 8.46. The molecule has 7 heteroatoms. The van der Waals surface area contributed by atoms with E-state index in [4.69, 9.17) is 14.2 Å². The average Bonchev–Trinajstić information content (AvgIpc) is 2.58. The number of anilines is 1. The molecule has 1 aromatic rings. The molecule has 1 aromatic carbocycles. The summed E-state index contributed by atoms with van der Waals surface area (Å²) in [7, 11) is 1.54. The Morgan fingerprint density at radius 2 is 1.68 bits per heavy atom. The largest absolute Gasteiger partial charge is 0.497 e. The second kappa shape index (κ2) is 10.3. The van der Waals surface area contributed by atoms with Crippen molar-refractivity contribution in [3.05, 3.63) is 24.3 Å². The minimum atomic E-state index is -1.06. The lowest BCUT2D eigenvalue weighted by Crippen LogP contribution is -2.35. The predicted octanol–water partition coefficient (Wildman–Crippen LogP) is 2.18. The van der Waals surface area contributed by atoms with Gasteiger partial charge in [0.1, 0.15) is 5.75 Å². The van der Waals surface area contributed by atoms with E-state index < -0.39 is 17.9 Å². The lowest BCUT2D eigenvalue weighted by Gasteiger charge is -2.23. The van der Waals surface area contributed by atoms with Crippen LogP contribution in [0, 0.1) is 5.92 Å². The van der Waals surface area contributed by atoms with Crippen LogP contribution in [-0.2, 0) is 23.9 Å². The van der Waals surface area contributed by atoms with Crippen molar-refractivity contribution >= 4 is 23.5 Å². The van der Waals surface area contributed by atoms with Crippen molar-refractivity contribution in [2.75, 3.05) is 31.8 Å². The summed E-state index contributed by atoms with van der Waals surface area (Å²) in [4.78, 5) is 37.5. The molecule has 0 aliphatic rings. The second-order valence-corrected chi connectivity index (χ2v) is 5.22. The number of hydrogen-bond acceptors (Lipinski definition) is 6. The Morgan fingerprint density at radius 1 is 1.08 bits per heavy atom. The molecular weight excluding hydrogens is 326 g/mol. The molecule has 0 unspecified atom stereocenters. The van der Waals surface area contributed by atoms with Crippen LogP contribution in [-0.4, -0.2) is 44.7 Å². The van der Waals surface area contributed by atoms with Crippen molar-refractivity contribution in [2.45, 2.75) is 27.2 Å². The van der Waals surface area contributed by atoms with E-state index >= 15 is 0 Å². The molecule has 1 rings (SSSR count). The van der Waals surface area contributed by atoms with Gasteiger partial charge in [-0.25, -0.2) is 0 Å². The van der Waals surface area contributed by atoms with E-state index in [0.717, 1.165) is 0 Å². The van der Waals surface area contributed by atoms with Gasteiger partial charge in [0.15, 0.2) is 5.92 Å². The van der Waals surface area contributed by atoms with Crippen LogP contribution >= 0.6 is 0 Å². The fourth-order valence-corrected chi connectivity index (χ4v) is 2.32. The summed E-state index contributed by atoms with van der Waals surface area (Å²) in [6.45, 7) is 5.26. The molecule has 0 N–H and O–H groups in total. The molecule has 0 saturated heterocycles. The summed E-state index contributed by atoms with van der Waals surface area (Å²) in [6.07, 6.45) is 0.106. The number of ether oxygens (including phenoxy) is 3. The quantitative estimate of drug-likeness (QED) is 0.501. The number of amides is 1. The van der Waals surface area contributed by atoms with Crippen LogP contribution in [0.2, 0.25) is 0 Å². The highest BCUT2D eigenvalue weighted by Gasteiger charge is 2.30. The summed E-state index contributed by atoms with van der Waals surface area (Å²) in [6, 6.07) is 7.00. The lowest BCUT2D eigenvalue weighted by molar-refractivity contribution is -0.161. The van der Waals surface area contributed by atoms with Crippen LogP contribution in [0.1, 0.15) is 27.2 Å². The van der Waals surface area contributed by atoms with Crippen molar-refractivity contribution in [2.24, 2.45) is 5.92 Å². The van der Waals surface area contributed by atoms with Gasteiger partial charge >= 0.3 is 11.9 Å². The zero-order valence-corrected chi connectivity index (χ0v) is 15.1. The Labute approximate surface area is 147 Å². The van der Waals surface area contributed by atoms with Crippen LogP contribution in [0.5, 0.6) is 5.75 Å². The molecule has 0 bridgehead atoms. The third-order valence-electron chi connectivity index (χ3n) is 3.53. The molecule has 7 nitrogen and oxygen atoms in total. The molecule has 0 heterocycles. The molecule has 0 atom stereocenters. The van der Waals surface area contributed by atoms with E-state index in [2.05, 4.69) is 0 Å². The number of benzene rings is 1. The maximum absolute atomic E-state index is 12.0. The highest BCUT2D eigenvalue weighted by molar-refractivity contribution is 5.95. The lowest BCUT2D eigenvalue weighted by atomic mass is 10.1. The van der Waals surface area contributed by atoms with Crippen molar-refractivity contribution < 1.29 is 28.6 Å². The zero-order chi connectivity index (χ0) is 18.8. The highest BCUT2D eigenvalue weighted by Crippen LogP contribution is 2.22. The van der Waals surface area contributed by atoms with Gasteiger partial charge in [-0.2, -0.15) is 0 Å². The van der Waals surface area contributed by atoms with Gasteiger partial charge in [-0.1, -0.05) is 6.07 Å². The van der Waals surface area contributed by atoms with Crippen molar-refractivity contribution in [1.29, 1.82) is 0 Å². The normalized spacial score (nSPS) is 10.3. The molecule has 138 valence electrons. The molecular formula is C18H25NO6. The summed E-state index contributed by atoms with van der Waals surface area (Å²) < 4.78 is 15.1. The summed E-state index contributed by atoms with van der Waals surface area (Å²) in [5, 5.41) is 0. The molecule has 0 aliphatic heterocycles. The van der Waals surface area contributed by atoms with Gasteiger partial charge < -0.3 is 19.1 Å². The number of nitrogens with zero attached hydrogens (tertiary/aromatic N) is 1. The average molecular weight is 351 g/mol. The van der Waals surface area contributed by atoms with Crippen molar-refractivity contribution in [3.8, 4) is 5.75 Å². The predicted molar refractivity (Wildman–Crippen MR) is 92.4 cm³/mol. The maximum Gasteiger partial charge on any atom is 0.320 e. The first-order valence-electron chi connectivity index (χ1n) is 8.19. The van der Waals surface area contributed by atoms with E-state index in [0.29, 0.717) is 11.4 Å². The van der Waals surface area contributed by atoms with Gasteiger partial charge in [-0.15, -0.1) is 0 Å². The molecule has 0 aromatic heterocycles. The minimum Gasteiger partial charge on any atom is -0.497 e. The van der Waals surface area contributed by atoms with Gasteiger partial charge in [-0.05, 0) is 32.4 Å². The van der Waals surface area contributed by atoms with Crippen LogP contribution in [0.3, 0.4) is 0 Å². The maximum atomic E-state index is 12.0. The summed E-state index contributed by atoms with van der Waals surface area (Å²) in [5.74, 6) is -1.95. The van der Waals surface area contributed by atoms with Crippen LogP contribution in [0.4, 0.5) is 5.69 Å². The van der Waals surface area contributed by atoms with Crippen LogP contribution < -0.4 is 9.64 Å². The summed E-state index contributed by atoms with van der Waals surface area (Å²) in [5.41, 5.74) is 0.623. The summed E-state index contributed by atoms with van der Waals surface area (Å²) >= 11 is 0. The third kappa shape index (κ3) is 6.10. The Balaban J connectivity index is 2.93. The number of rotatable bonds is 9. The van der Waals surface area contributed by atoms with E-state index in [1.54, 1.807) is 38.1 Å². The van der Waals surface area contributed by atoms with E-state index in [9.17, 15) is 14.4 Å². The monoisotopic (exact) mass is 351 g/mol. The third-order valence-corrected chi connectivity index (χ3v) is 3.53. The van der Waals surface area contributed by atoms with Crippen LogP contribution in [0.25, 0.3) is 0 Å². The number of methoxy groups -OCH3 is 1. The van der Waals surface area contributed by atoms with Gasteiger partial charge in [-0.3, -0.25) is 14.4 Å². The Hall–Kier alpha value is -2.57. The Bertz CT molecular complexity index is 583. The van der Waals surface area contributed by atoms with Crippen LogP contribution in [0.15, 0.2) is 24.3 Å². The van der Waals surface area contributed by atoms with Gasteiger partial charge in [0.25, 0.3) is 0 Å². The SMILES string of the molecule is CCOC(=O)C(CCN(C(C)=O)c1cccc(OC)c1)C(=O)OCC. The standard InChI is InChI=1S/C18H25NO6/c1-5-24-17(21)16(18(22)25-6-2)10-11-19(13(3)20)14-8-7-9-15(12-14)23-4/h7-9,12,16H,5-6,10-11H2,1-4H3. The molecule has 0 aliphatic carbocycles. The molecule has 1 amide bonds. The molecule has 0 spiro atoms. The van der Waals surface area contributed by atoms with Crippen molar-refractivity contribution in [1.82, 2.24) is 0 Å². The number of hydrogen-bond donors (Lipinski definition) is 0. The highest BCUT2D eigenvalue weighted by atomic mass is 16.6. The van der Waals surface area contributed by atoms with E-state index in [1.807, 2.05) is 0 Å².